The minimum Gasteiger partial charge on any atom is -0.339 e. The van der Waals surface area contributed by atoms with E-state index in [4.69, 9.17) is 0 Å². The Morgan fingerprint density at radius 1 is 1.30 bits per heavy atom. The van der Waals surface area contributed by atoms with Crippen molar-refractivity contribution in [2.45, 2.75) is 33.6 Å². The average molecular weight is 450 g/mol. The maximum Gasteiger partial charge on any atom is 0.254 e. The molecule has 1 aliphatic heterocycles. The van der Waals surface area contributed by atoms with Crippen LogP contribution in [-0.4, -0.2) is 23.9 Å². The number of hydrogen-bond donors (Lipinski definition) is 0. The standard InChI is InChI=1S/C16H21BrINO/c1-16(2,3)11-6-8-19(9-7-11)15(20)13-10-12(17)4-5-14(13)18/h4-5,10-11H,6-9H2,1-3H3. The minimum atomic E-state index is 0.169. The van der Waals surface area contributed by atoms with Gasteiger partial charge in [-0.05, 0) is 65.0 Å². The van der Waals surface area contributed by atoms with E-state index in [0.717, 1.165) is 39.5 Å². The van der Waals surface area contributed by atoms with Gasteiger partial charge in [0.15, 0.2) is 0 Å². The quantitative estimate of drug-likeness (QED) is 0.555. The molecule has 0 bridgehead atoms. The smallest absolute Gasteiger partial charge is 0.254 e. The highest BCUT2D eigenvalue weighted by Gasteiger charge is 2.31. The number of carbonyl (C=O) groups excluding carboxylic acids is 1. The molecular formula is C16H21BrINO. The first-order chi connectivity index (χ1) is 9.29. The molecule has 2 nitrogen and oxygen atoms in total. The van der Waals surface area contributed by atoms with Crippen LogP contribution >= 0.6 is 38.5 Å². The maximum absolute atomic E-state index is 12.6. The highest BCUT2D eigenvalue weighted by atomic mass is 127. The SMILES string of the molecule is CC(C)(C)C1CCN(C(=O)c2cc(Br)ccc2I)CC1. The van der Waals surface area contributed by atoms with Crippen LogP contribution in [0.15, 0.2) is 22.7 Å². The number of rotatable bonds is 1. The van der Waals surface area contributed by atoms with Crippen LogP contribution < -0.4 is 0 Å². The van der Waals surface area contributed by atoms with Crippen LogP contribution in [0.1, 0.15) is 44.0 Å². The van der Waals surface area contributed by atoms with Crippen molar-refractivity contribution >= 4 is 44.4 Å². The maximum atomic E-state index is 12.6. The summed E-state index contributed by atoms with van der Waals surface area (Å²) in [6.07, 6.45) is 2.22. The molecule has 2 rings (SSSR count). The molecule has 110 valence electrons. The molecule has 0 spiro atoms. The van der Waals surface area contributed by atoms with Gasteiger partial charge in [-0.15, -0.1) is 0 Å². The van der Waals surface area contributed by atoms with Crippen LogP contribution in [-0.2, 0) is 0 Å². The third-order valence-corrected chi connectivity index (χ3v) is 5.60. The van der Waals surface area contributed by atoms with Gasteiger partial charge in [-0.3, -0.25) is 4.79 Å². The molecule has 20 heavy (non-hydrogen) atoms. The van der Waals surface area contributed by atoms with Gasteiger partial charge in [0.25, 0.3) is 5.91 Å². The van der Waals surface area contributed by atoms with Crippen molar-refractivity contribution in [2.24, 2.45) is 11.3 Å². The molecule has 0 aliphatic carbocycles. The van der Waals surface area contributed by atoms with Gasteiger partial charge in [-0.1, -0.05) is 36.7 Å². The summed E-state index contributed by atoms with van der Waals surface area (Å²) in [6.45, 7) is 8.65. The lowest BCUT2D eigenvalue weighted by Gasteiger charge is -2.38. The summed E-state index contributed by atoms with van der Waals surface area (Å²) in [5.74, 6) is 0.885. The third-order valence-electron chi connectivity index (χ3n) is 4.17. The van der Waals surface area contributed by atoms with Gasteiger partial charge in [-0.25, -0.2) is 0 Å². The molecule has 0 saturated carbocycles. The largest absolute Gasteiger partial charge is 0.339 e. The Morgan fingerprint density at radius 2 is 1.90 bits per heavy atom. The van der Waals surface area contributed by atoms with Crippen LogP contribution in [0.4, 0.5) is 0 Å². The zero-order valence-corrected chi connectivity index (χ0v) is 16.0. The number of benzene rings is 1. The molecule has 1 amide bonds. The highest BCUT2D eigenvalue weighted by Crippen LogP contribution is 2.34. The van der Waals surface area contributed by atoms with E-state index in [9.17, 15) is 4.79 Å². The van der Waals surface area contributed by atoms with Gasteiger partial charge in [0.1, 0.15) is 0 Å². The molecule has 1 heterocycles. The fourth-order valence-corrected chi connectivity index (χ4v) is 3.71. The number of amides is 1. The average Bonchev–Trinajstić information content (AvgIpc) is 2.40. The van der Waals surface area contributed by atoms with Crippen LogP contribution in [0, 0.1) is 14.9 Å². The number of carbonyl (C=O) groups is 1. The first-order valence-electron chi connectivity index (χ1n) is 7.03. The van der Waals surface area contributed by atoms with Crippen molar-refractivity contribution in [3.8, 4) is 0 Å². The summed E-state index contributed by atoms with van der Waals surface area (Å²) >= 11 is 5.69. The van der Waals surface area contributed by atoms with Crippen molar-refractivity contribution in [1.29, 1.82) is 0 Å². The molecule has 0 radical (unpaired) electrons. The number of hydrogen-bond acceptors (Lipinski definition) is 1. The molecular weight excluding hydrogens is 429 g/mol. The molecule has 0 N–H and O–H groups in total. The molecule has 0 atom stereocenters. The van der Waals surface area contributed by atoms with E-state index in [2.05, 4.69) is 59.3 Å². The normalized spacial score (nSPS) is 17.4. The topological polar surface area (TPSA) is 20.3 Å². The second kappa shape index (κ2) is 6.34. The van der Waals surface area contributed by atoms with E-state index in [-0.39, 0.29) is 5.91 Å². The van der Waals surface area contributed by atoms with Crippen molar-refractivity contribution in [3.05, 3.63) is 31.8 Å². The van der Waals surface area contributed by atoms with E-state index >= 15 is 0 Å². The van der Waals surface area contributed by atoms with Crippen molar-refractivity contribution in [3.63, 3.8) is 0 Å². The fourth-order valence-electron chi connectivity index (χ4n) is 2.78. The summed E-state index contributed by atoms with van der Waals surface area (Å²) < 4.78 is 1.99. The summed E-state index contributed by atoms with van der Waals surface area (Å²) in [4.78, 5) is 14.6. The second-order valence-electron chi connectivity index (χ2n) is 6.56. The first-order valence-corrected chi connectivity index (χ1v) is 8.90. The van der Waals surface area contributed by atoms with Gasteiger partial charge in [-0.2, -0.15) is 0 Å². The van der Waals surface area contributed by atoms with Gasteiger partial charge in [0.2, 0.25) is 0 Å². The van der Waals surface area contributed by atoms with E-state index in [1.165, 1.54) is 0 Å². The van der Waals surface area contributed by atoms with Gasteiger partial charge >= 0.3 is 0 Å². The van der Waals surface area contributed by atoms with Crippen molar-refractivity contribution in [2.75, 3.05) is 13.1 Å². The summed E-state index contributed by atoms with van der Waals surface area (Å²) in [5.41, 5.74) is 1.16. The zero-order valence-electron chi connectivity index (χ0n) is 12.2. The Hall–Kier alpha value is -0.100. The highest BCUT2D eigenvalue weighted by molar-refractivity contribution is 14.1. The molecule has 1 saturated heterocycles. The molecule has 0 aromatic heterocycles. The number of piperidine rings is 1. The van der Waals surface area contributed by atoms with Gasteiger partial charge in [0, 0.05) is 21.1 Å². The number of halogens is 2. The van der Waals surface area contributed by atoms with Crippen molar-refractivity contribution in [1.82, 2.24) is 4.90 Å². The van der Waals surface area contributed by atoms with E-state index < -0.39 is 0 Å². The van der Waals surface area contributed by atoms with E-state index in [0.29, 0.717) is 11.3 Å². The van der Waals surface area contributed by atoms with Gasteiger partial charge in [0.05, 0.1) is 5.56 Å². The van der Waals surface area contributed by atoms with Crippen LogP contribution in [0.3, 0.4) is 0 Å². The minimum absolute atomic E-state index is 0.169. The Morgan fingerprint density at radius 3 is 2.45 bits per heavy atom. The predicted molar refractivity (Wildman–Crippen MR) is 94.9 cm³/mol. The Bertz CT molecular complexity index is 502. The lowest BCUT2D eigenvalue weighted by molar-refractivity contribution is 0.0607. The number of likely N-dealkylation sites (tertiary alicyclic amines) is 1. The molecule has 1 fully saturated rings. The Balaban J connectivity index is 2.07. The third kappa shape index (κ3) is 3.75. The van der Waals surface area contributed by atoms with E-state index in [1.807, 2.05) is 23.1 Å². The van der Waals surface area contributed by atoms with Gasteiger partial charge < -0.3 is 4.90 Å². The molecule has 0 unspecified atom stereocenters. The lowest BCUT2D eigenvalue weighted by atomic mass is 9.75. The molecule has 1 aromatic carbocycles. The zero-order chi connectivity index (χ0) is 14.9. The Labute approximate surface area is 143 Å². The summed E-state index contributed by atoms with van der Waals surface area (Å²) in [7, 11) is 0. The van der Waals surface area contributed by atoms with Crippen molar-refractivity contribution < 1.29 is 4.79 Å². The second-order valence-corrected chi connectivity index (χ2v) is 8.63. The monoisotopic (exact) mass is 449 g/mol. The van der Waals surface area contributed by atoms with Crippen LogP contribution in [0.25, 0.3) is 0 Å². The van der Waals surface area contributed by atoms with E-state index in [1.54, 1.807) is 0 Å². The van der Waals surface area contributed by atoms with Crippen LogP contribution in [0.5, 0.6) is 0 Å². The lowest BCUT2D eigenvalue weighted by Crippen LogP contribution is -2.41. The molecule has 1 aliphatic rings. The molecule has 4 heteroatoms. The summed E-state index contributed by atoms with van der Waals surface area (Å²) in [5, 5.41) is 0. The number of nitrogens with zero attached hydrogens (tertiary/aromatic N) is 1. The fraction of sp³-hybridized carbons (Fsp3) is 0.562. The predicted octanol–water partition coefficient (Wildman–Crippen LogP) is 4.95. The first kappa shape index (κ1) is 16.3. The molecule has 1 aromatic rings. The Kier molecular flexibility index (Phi) is 5.16. The summed E-state index contributed by atoms with van der Waals surface area (Å²) in [6, 6.07) is 5.89. The van der Waals surface area contributed by atoms with Crippen LogP contribution in [0.2, 0.25) is 0 Å².